The second kappa shape index (κ2) is 13.2. The molecule has 4 N–H and O–H groups in total. The van der Waals surface area contributed by atoms with Crippen LogP contribution in [0.5, 0.6) is 34.5 Å². The van der Waals surface area contributed by atoms with Gasteiger partial charge in [-0.3, -0.25) is 0 Å². The van der Waals surface area contributed by atoms with Gasteiger partial charge in [0, 0.05) is 23.5 Å². The van der Waals surface area contributed by atoms with E-state index in [2.05, 4.69) is 13.8 Å². The van der Waals surface area contributed by atoms with Crippen LogP contribution < -0.4 is 30.4 Å². The summed E-state index contributed by atoms with van der Waals surface area (Å²) in [6.45, 7) is 5.04. The molecule has 36 heavy (non-hydrogen) atoms. The average molecular weight is 574 g/mol. The standard InChI is InChI=1S/C26H28Cl4N2O4/c1-3-5-7-33-17-13-22(35-24-18(27)9-15(31)10-19(24)28)26(34-8-6-4-2)23(14-17)36-25-20(29)11-16(32)12-21(25)30/h9-14H,3-8,31-32H2,1-2H3. The van der Waals surface area contributed by atoms with Crippen LogP contribution >= 0.6 is 46.4 Å². The molecule has 0 heterocycles. The highest BCUT2D eigenvalue weighted by Gasteiger charge is 2.22. The first-order valence-corrected chi connectivity index (χ1v) is 13.0. The van der Waals surface area contributed by atoms with Crippen molar-refractivity contribution in [3.05, 3.63) is 56.5 Å². The van der Waals surface area contributed by atoms with Crippen molar-refractivity contribution >= 4 is 57.8 Å². The first-order valence-electron chi connectivity index (χ1n) is 11.5. The predicted molar refractivity (Wildman–Crippen MR) is 149 cm³/mol. The Bertz CT molecular complexity index is 1080. The molecule has 0 atom stereocenters. The Morgan fingerprint density at radius 3 is 1.36 bits per heavy atom. The maximum Gasteiger partial charge on any atom is 0.205 e. The highest BCUT2D eigenvalue weighted by atomic mass is 35.5. The Kier molecular flexibility index (Phi) is 10.4. The normalized spacial score (nSPS) is 10.8. The molecule has 0 unspecified atom stereocenters. The van der Waals surface area contributed by atoms with Gasteiger partial charge < -0.3 is 30.4 Å². The van der Waals surface area contributed by atoms with E-state index in [4.69, 9.17) is 76.8 Å². The van der Waals surface area contributed by atoms with Crippen molar-refractivity contribution in [1.29, 1.82) is 0 Å². The zero-order valence-corrected chi connectivity index (χ0v) is 23.0. The number of nitrogen functional groups attached to an aromatic ring is 2. The van der Waals surface area contributed by atoms with Crippen molar-refractivity contribution in [3.63, 3.8) is 0 Å². The van der Waals surface area contributed by atoms with Crippen LogP contribution in [0.25, 0.3) is 0 Å². The molecule has 0 aromatic heterocycles. The quantitative estimate of drug-likeness (QED) is 0.166. The van der Waals surface area contributed by atoms with E-state index in [0.29, 0.717) is 36.1 Å². The van der Waals surface area contributed by atoms with E-state index < -0.39 is 0 Å². The van der Waals surface area contributed by atoms with Gasteiger partial charge in [0.1, 0.15) is 5.75 Å². The lowest BCUT2D eigenvalue weighted by atomic mass is 10.2. The molecule has 0 aliphatic heterocycles. The van der Waals surface area contributed by atoms with Crippen LogP contribution in [0.1, 0.15) is 39.5 Å². The molecule has 0 saturated carbocycles. The Balaban J connectivity index is 2.13. The first-order chi connectivity index (χ1) is 17.2. The number of ether oxygens (including phenoxy) is 4. The Labute approximate surface area is 231 Å². The molecule has 0 fully saturated rings. The largest absolute Gasteiger partial charge is 0.493 e. The van der Waals surface area contributed by atoms with Crippen LogP contribution in [0.4, 0.5) is 11.4 Å². The summed E-state index contributed by atoms with van der Waals surface area (Å²) in [6.07, 6.45) is 3.57. The Morgan fingerprint density at radius 2 is 0.972 bits per heavy atom. The van der Waals surface area contributed by atoms with Gasteiger partial charge in [-0.1, -0.05) is 73.1 Å². The maximum atomic E-state index is 6.39. The summed E-state index contributed by atoms with van der Waals surface area (Å²) in [7, 11) is 0. The summed E-state index contributed by atoms with van der Waals surface area (Å²) in [5, 5.41) is 0.959. The molecular formula is C26H28Cl4N2O4. The molecule has 0 aliphatic carbocycles. The van der Waals surface area contributed by atoms with Crippen molar-refractivity contribution in [1.82, 2.24) is 0 Å². The second-order valence-electron chi connectivity index (χ2n) is 7.98. The Morgan fingerprint density at radius 1 is 0.583 bits per heavy atom. The van der Waals surface area contributed by atoms with E-state index in [0.717, 1.165) is 25.7 Å². The smallest absolute Gasteiger partial charge is 0.205 e. The fraction of sp³-hybridized carbons (Fsp3) is 0.308. The second-order valence-corrected chi connectivity index (χ2v) is 9.61. The van der Waals surface area contributed by atoms with E-state index in [9.17, 15) is 0 Å². The average Bonchev–Trinajstić information content (AvgIpc) is 2.80. The minimum atomic E-state index is 0.216. The van der Waals surface area contributed by atoms with Crippen LogP contribution in [0.2, 0.25) is 20.1 Å². The number of nitrogens with two attached hydrogens (primary N) is 2. The van der Waals surface area contributed by atoms with Gasteiger partial charge >= 0.3 is 0 Å². The molecule has 0 radical (unpaired) electrons. The summed E-state index contributed by atoms with van der Waals surface area (Å²) in [5.74, 6) is 1.79. The summed E-state index contributed by atoms with van der Waals surface area (Å²) in [4.78, 5) is 0. The fourth-order valence-corrected chi connectivity index (χ4v) is 4.32. The lowest BCUT2D eigenvalue weighted by Gasteiger charge is -2.20. The van der Waals surface area contributed by atoms with E-state index in [1.54, 1.807) is 36.4 Å². The predicted octanol–water partition coefficient (Wildman–Crippen LogP) is 9.41. The van der Waals surface area contributed by atoms with Crippen molar-refractivity contribution in [2.24, 2.45) is 0 Å². The third-order valence-corrected chi connectivity index (χ3v) is 6.09. The topological polar surface area (TPSA) is 89.0 Å². The number of halogens is 4. The van der Waals surface area contributed by atoms with Gasteiger partial charge in [0.25, 0.3) is 0 Å². The van der Waals surface area contributed by atoms with Crippen LogP contribution in [0, 0.1) is 0 Å². The van der Waals surface area contributed by atoms with Gasteiger partial charge in [0.2, 0.25) is 5.75 Å². The zero-order valence-electron chi connectivity index (χ0n) is 20.0. The monoisotopic (exact) mass is 572 g/mol. The third-order valence-electron chi connectivity index (χ3n) is 4.97. The first kappa shape index (κ1) is 28.2. The van der Waals surface area contributed by atoms with E-state index >= 15 is 0 Å². The van der Waals surface area contributed by atoms with E-state index in [1.807, 2.05) is 0 Å². The molecular weight excluding hydrogens is 546 g/mol. The van der Waals surface area contributed by atoms with Gasteiger partial charge in [0.15, 0.2) is 23.0 Å². The van der Waals surface area contributed by atoms with Crippen molar-refractivity contribution in [2.45, 2.75) is 39.5 Å². The number of hydrogen-bond acceptors (Lipinski definition) is 6. The molecule has 0 spiro atoms. The van der Waals surface area contributed by atoms with Gasteiger partial charge in [-0.05, 0) is 37.1 Å². The Hall–Kier alpha value is -2.38. The molecule has 0 bridgehead atoms. The number of unbranched alkanes of at least 4 members (excludes halogenated alkanes) is 2. The SMILES string of the molecule is CCCCOc1cc(Oc2c(Cl)cc(N)cc2Cl)c(OCCCC)c(Oc2c(Cl)cc(N)cc2Cl)c1. The number of benzene rings is 3. The third kappa shape index (κ3) is 7.32. The number of anilines is 2. The highest BCUT2D eigenvalue weighted by Crippen LogP contribution is 2.49. The molecule has 10 heteroatoms. The lowest BCUT2D eigenvalue weighted by Crippen LogP contribution is -2.03. The molecule has 0 saturated heterocycles. The molecule has 0 aliphatic rings. The van der Waals surface area contributed by atoms with Crippen LogP contribution in [0.3, 0.4) is 0 Å². The van der Waals surface area contributed by atoms with E-state index in [1.165, 1.54) is 0 Å². The summed E-state index contributed by atoms with van der Waals surface area (Å²) in [6, 6.07) is 9.58. The maximum absolute atomic E-state index is 6.39. The van der Waals surface area contributed by atoms with Crippen LogP contribution in [0.15, 0.2) is 36.4 Å². The summed E-state index contributed by atoms with van der Waals surface area (Å²) < 4.78 is 24.4. The van der Waals surface area contributed by atoms with Gasteiger partial charge in [-0.2, -0.15) is 0 Å². The minimum absolute atomic E-state index is 0.216. The van der Waals surface area contributed by atoms with Crippen molar-refractivity contribution < 1.29 is 18.9 Å². The molecule has 3 rings (SSSR count). The number of rotatable bonds is 12. The molecule has 6 nitrogen and oxygen atoms in total. The van der Waals surface area contributed by atoms with Crippen LogP contribution in [-0.4, -0.2) is 13.2 Å². The van der Waals surface area contributed by atoms with E-state index in [-0.39, 0.29) is 43.1 Å². The van der Waals surface area contributed by atoms with Gasteiger partial charge in [-0.15, -0.1) is 0 Å². The highest BCUT2D eigenvalue weighted by molar-refractivity contribution is 6.38. The molecule has 3 aromatic carbocycles. The molecule has 194 valence electrons. The summed E-state index contributed by atoms with van der Waals surface area (Å²) in [5.41, 5.74) is 12.5. The minimum Gasteiger partial charge on any atom is -0.493 e. The zero-order chi connectivity index (χ0) is 26.2. The lowest BCUT2D eigenvalue weighted by molar-refractivity contribution is 0.275. The van der Waals surface area contributed by atoms with Crippen LogP contribution in [-0.2, 0) is 0 Å². The number of hydrogen-bond donors (Lipinski definition) is 2. The molecule has 3 aromatic rings. The molecule has 0 amide bonds. The van der Waals surface area contributed by atoms with Gasteiger partial charge in [0.05, 0.1) is 33.3 Å². The summed E-state index contributed by atoms with van der Waals surface area (Å²) >= 11 is 25.6. The van der Waals surface area contributed by atoms with Gasteiger partial charge in [-0.25, -0.2) is 0 Å². The van der Waals surface area contributed by atoms with Crippen molar-refractivity contribution in [3.8, 4) is 34.5 Å². The fourth-order valence-electron chi connectivity index (χ4n) is 3.16. The van der Waals surface area contributed by atoms with Crippen molar-refractivity contribution in [2.75, 3.05) is 24.7 Å².